The molecule has 166 valence electrons. The predicted molar refractivity (Wildman–Crippen MR) is 115 cm³/mol. The number of para-hydroxylation sites is 3. The number of benzene rings is 2. The lowest BCUT2D eigenvalue weighted by Crippen LogP contribution is -2.51. The van der Waals surface area contributed by atoms with Crippen LogP contribution in [0.15, 0.2) is 48.5 Å². The van der Waals surface area contributed by atoms with Crippen molar-refractivity contribution in [3.05, 3.63) is 64.2 Å². The zero-order valence-corrected chi connectivity index (χ0v) is 17.6. The number of anilines is 1. The van der Waals surface area contributed by atoms with Crippen molar-refractivity contribution in [1.29, 1.82) is 0 Å². The van der Waals surface area contributed by atoms with E-state index in [1.807, 2.05) is 12.1 Å². The van der Waals surface area contributed by atoms with Crippen LogP contribution in [0.2, 0.25) is 0 Å². The summed E-state index contributed by atoms with van der Waals surface area (Å²) in [5.41, 5.74) is 1.30. The number of amides is 1. The number of hydrogen-bond acceptors (Lipinski definition) is 7. The lowest BCUT2D eigenvalue weighted by Gasteiger charge is -2.37. The summed E-state index contributed by atoms with van der Waals surface area (Å²) in [6.07, 6.45) is 0. The molecular formula is C22H22N4O6. The number of nitro benzene ring substituents is 1. The number of fused-ring (bicyclic) bond motifs is 3. The van der Waals surface area contributed by atoms with Gasteiger partial charge in [0.2, 0.25) is 11.9 Å². The largest absolute Gasteiger partial charge is 0.465 e. The number of aromatic nitrogens is 2. The second-order valence-corrected chi connectivity index (χ2v) is 7.24. The van der Waals surface area contributed by atoms with Crippen molar-refractivity contribution in [2.24, 2.45) is 5.92 Å². The van der Waals surface area contributed by atoms with Gasteiger partial charge >= 0.3 is 5.97 Å². The van der Waals surface area contributed by atoms with E-state index < -0.39 is 28.8 Å². The first-order valence-corrected chi connectivity index (χ1v) is 10.2. The van der Waals surface area contributed by atoms with Gasteiger partial charge in [-0.25, -0.2) is 4.98 Å². The van der Waals surface area contributed by atoms with Crippen molar-refractivity contribution in [3.8, 4) is 0 Å². The van der Waals surface area contributed by atoms with Crippen LogP contribution < -0.4 is 4.90 Å². The number of nitro groups is 1. The molecule has 0 saturated carbocycles. The maximum Gasteiger partial charge on any atom is 0.321 e. The van der Waals surface area contributed by atoms with Crippen LogP contribution in [0.3, 0.4) is 0 Å². The van der Waals surface area contributed by atoms with E-state index in [0.29, 0.717) is 17.0 Å². The molecule has 1 amide bonds. The number of nitrogens with zero attached hydrogens (tertiary/aromatic N) is 4. The summed E-state index contributed by atoms with van der Waals surface area (Å²) in [7, 11) is 1.51. The number of carbonyl (C=O) groups excluding carboxylic acids is 2. The first-order valence-electron chi connectivity index (χ1n) is 10.2. The van der Waals surface area contributed by atoms with Crippen molar-refractivity contribution in [1.82, 2.24) is 9.55 Å². The number of imidazole rings is 1. The summed E-state index contributed by atoms with van der Waals surface area (Å²) >= 11 is 0. The van der Waals surface area contributed by atoms with Gasteiger partial charge in [-0.15, -0.1) is 0 Å². The zero-order valence-electron chi connectivity index (χ0n) is 17.6. The number of esters is 1. The summed E-state index contributed by atoms with van der Waals surface area (Å²) in [5, 5.41) is 11.8. The average Bonchev–Trinajstić information content (AvgIpc) is 3.17. The van der Waals surface area contributed by atoms with Crippen LogP contribution >= 0.6 is 0 Å². The molecule has 0 unspecified atom stereocenters. The summed E-state index contributed by atoms with van der Waals surface area (Å²) in [4.78, 5) is 44.0. The highest BCUT2D eigenvalue weighted by Gasteiger charge is 2.49. The smallest absolute Gasteiger partial charge is 0.321 e. The Morgan fingerprint density at radius 3 is 2.62 bits per heavy atom. The van der Waals surface area contributed by atoms with Gasteiger partial charge in [-0.1, -0.05) is 30.3 Å². The normalized spacial score (nSPS) is 17.9. The third-order valence-corrected chi connectivity index (χ3v) is 5.46. The molecule has 0 saturated heterocycles. The Morgan fingerprint density at radius 2 is 1.91 bits per heavy atom. The maximum absolute atomic E-state index is 13.6. The van der Waals surface area contributed by atoms with E-state index in [-0.39, 0.29) is 31.0 Å². The van der Waals surface area contributed by atoms with Crippen LogP contribution in [0.4, 0.5) is 11.6 Å². The second kappa shape index (κ2) is 8.75. The van der Waals surface area contributed by atoms with Gasteiger partial charge in [-0.3, -0.25) is 24.6 Å². The van der Waals surface area contributed by atoms with Gasteiger partial charge in [0.25, 0.3) is 5.69 Å². The predicted octanol–water partition coefficient (Wildman–Crippen LogP) is 2.71. The number of hydrogen-bond donors (Lipinski definition) is 0. The van der Waals surface area contributed by atoms with Gasteiger partial charge in [0, 0.05) is 13.2 Å². The van der Waals surface area contributed by atoms with Crippen LogP contribution in [0, 0.1) is 16.0 Å². The molecule has 4 rings (SSSR count). The summed E-state index contributed by atoms with van der Waals surface area (Å²) in [5.74, 6) is -2.30. The highest BCUT2D eigenvalue weighted by Crippen LogP contribution is 2.43. The molecule has 10 nitrogen and oxygen atoms in total. The van der Waals surface area contributed by atoms with Crippen LogP contribution in [0.25, 0.3) is 11.0 Å². The minimum atomic E-state index is -1.32. The number of ether oxygens (including phenoxy) is 2. The van der Waals surface area contributed by atoms with E-state index in [0.717, 1.165) is 0 Å². The summed E-state index contributed by atoms with van der Waals surface area (Å²) in [6, 6.07) is 12.3. The lowest BCUT2D eigenvalue weighted by atomic mass is 9.88. The molecule has 0 N–H and O–H groups in total. The van der Waals surface area contributed by atoms with E-state index in [2.05, 4.69) is 4.98 Å². The molecule has 2 heterocycles. The fourth-order valence-electron chi connectivity index (χ4n) is 4.12. The lowest BCUT2D eigenvalue weighted by molar-refractivity contribution is -0.385. The van der Waals surface area contributed by atoms with Crippen LogP contribution in [-0.2, 0) is 19.1 Å². The van der Waals surface area contributed by atoms with E-state index in [9.17, 15) is 19.7 Å². The topological polar surface area (TPSA) is 117 Å². The van der Waals surface area contributed by atoms with Crippen LogP contribution in [0.1, 0.15) is 18.5 Å². The van der Waals surface area contributed by atoms with Gasteiger partial charge < -0.3 is 14.0 Å². The Balaban J connectivity index is 2.03. The Bertz CT molecular complexity index is 1190. The molecule has 3 aromatic rings. The first kappa shape index (κ1) is 21.4. The summed E-state index contributed by atoms with van der Waals surface area (Å²) in [6.45, 7) is 2.10. The van der Waals surface area contributed by atoms with E-state index in [1.165, 1.54) is 18.1 Å². The molecule has 1 aromatic heterocycles. The molecule has 10 heteroatoms. The van der Waals surface area contributed by atoms with Crippen molar-refractivity contribution >= 4 is 34.5 Å². The molecule has 1 aliphatic rings. The molecule has 32 heavy (non-hydrogen) atoms. The Hall–Kier alpha value is -3.79. The van der Waals surface area contributed by atoms with Crippen molar-refractivity contribution in [3.63, 3.8) is 0 Å². The van der Waals surface area contributed by atoms with Gasteiger partial charge in [-0.2, -0.15) is 0 Å². The Labute approximate surface area is 183 Å². The fourth-order valence-corrected chi connectivity index (χ4v) is 4.12. The maximum atomic E-state index is 13.6. The average molecular weight is 438 g/mol. The zero-order chi connectivity index (χ0) is 22.8. The minimum Gasteiger partial charge on any atom is -0.465 e. The molecule has 0 bridgehead atoms. The Kier molecular flexibility index (Phi) is 5.87. The van der Waals surface area contributed by atoms with Gasteiger partial charge in [-0.05, 0) is 19.1 Å². The van der Waals surface area contributed by atoms with Gasteiger partial charge in [0.1, 0.15) is 0 Å². The fraction of sp³-hybridized carbons (Fsp3) is 0.318. The third kappa shape index (κ3) is 3.48. The highest BCUT2D eigenvalue weighted by molar-refractivity contribution is 6.08. The molecule has 0 radical (unpaired) electrons. The minimum absolute atomic E-state index is 0.0713. The number of rotatable bonds is 7. The number of carbonyl (C=O) groups is 2. The quantitative estimate of drug-likeness (QED) is 0.241. The summed E-state index contributed by atoms with van der Waals surface area (Å²) < 4.78 is 12.1. The molecule has 0 aliphatic carbocycles. The van der Waals surface area contributed by atoms with E-state index >= 15 is 0 Å². The first-order chi connectivity index (χ1) is 15.5. The molecule has 2 aromatic carbocycles. The van der Waals surface area contributed by atoms with Crippen LogP contribution in [-0.4, -0.2) is 53.2 Å². The Morgan fingerprint density at radius 1 is 1.19 bits per heavy atom. The standard InChI is InChI=1S/C22H22N4O6/c1-3-32-21(28)18-19(14-8-4-6-10-16(14)26(29)30)25-17-11-7-5-9-15(17)23-22(25)24(20(18)27)12-13-31-2/h4-11,18-19H,3,12-13H2,1-2H3/t18-,19+/m0/s1. The molecule has 0 fully saturated rings. The highest BCUT2D eigenvalue weighted by atomic mass is 16.6. The molecule has 2 atom stereocenters. The third-order valence-electron chi connectivity index (χ3n) is 5.46. The SMILES string of the molecule is CCOC(=O)[C@@H]1C(=O)N(CCOC)c2nc3ccccc3n2[C@@H]1c1ccccc1[N+](=O)[O-]. The van der Waals surface area contributed by atoms with Crippen molar-refractivity contribution < 1.29 is 24.0 Å². The number of methoxy groups -OCH3 is 1. The van der Waals surface area contributed by atoms with Gasteiger partial charge in [0.15, 0.2) is 5.92 Å². The molecular weight excluding hydrogens is 416 g/mol. The second-order valence-electron chi connectivity index (χ2n) is 7.24. The van der Waals surface area contributed by atoms with Crippen molar-refractivity contribution in [2.75, 3.05) is 31.8 Å². The van der Waals surface area contributed by atoms with E-state index in [4.69, 9.17) is 9.47 Å². The molecule has 0 spiro atoms. The monoisotopic (exact) mass is 438 g/mol. The van der Waals surface area contributed by atoms with Crippen LogP contribution in [0.5, 0.6) is 0 Å². The molecule has 1 aliphatic heterocycles. The van der Waals surface area contributed by atoms with Crippen molar-refractivity contribution in [2.45, 2.75) is 13.0 Å². The van der Waals surface area contributed by atoms with Gasteiger partial charge in [0.05, 0.1) is 47.3 Å². The van der Waals surface area contributed by atoms with E-state index in [1.54, 1.807) is 41.8 Å².